The van der Waals surface area contributed by atoms with Crippen LogP contribution in [0.25, 0.3) is 0 Å². The number of alkyl halides is 1. The highest BCUT2D eigenvalue weighted by Crippen LogP contribution is 2.30. The van der Waals surface area contributed by atoms with Gasteiger partial charge in [0.2, 0.25) is 0 Å². The van der Waals surface area contributed by atoms with E-state index in [4.69, 9.17) is 21.1 Å². The van der Waals surface area contributed by atoms with Gasteiger partial charge in [-0.3, -0.25) is 0 Å². The lowest BCUT2D eigenvalue weighted by atomic mass is 10.1. The highest BCUT2D eigenvalue weighted by Gasteiger charge is 2.17. The lowest BCUT2D eigenvalue weighted by Crippen LogP contribution is -2.25. The van der Waals surface area contributed by atoms with Crippen molar-refractivity contribution in [2.75, 3.05) is 13.7 Å². The van der Waals surface area contributed by atoms with Crippen molar-refractivity contribution >= 4 is 27.5 Å². The van der Waals surface area contributed by atoms with Crippen LogP contribution in [-0.2, 0) is 10.6 Å². The number of halogens is 2. The van der Waals surface area contributed by atoms with Gasteiger partial charge in [-0.05, 0) is 35.8 Å². The second-order valence-electron chi connectivity index (χ2n) is 4.42. The first-order chi connectivity index (χ1) is 8.00. The molecular formula is C13H18BrClO2. The quantitative estimate of drug-likeness (QED) is 0.724. The molecule has 0 aliphatic rings. The summed E-state index contributed by atoms with van der Waals surface area (Å²) in [5, 5.41) is 0. The Morgan fingerprint density at radius 1 is 1.35 bits per heavy atom. The summed E-state index contributed by atoms with van der Waals surface area (Å²) in [4.78, 5) is 0. The van der Waals surface area contributed by atoms with E-state index < -0.39 is 0 Å². The predicted molar refractivity (Wildman–Crippen MR) is 74.9 cm³/mol. The van der Waals surface area contributed by atoms with Gasteiger partial charge in [-0.15, -0.1) is 11.6 Å². The summed E-state index contributed by atoms with van der Waals surface area (Å²) in [5.74, 6) is 1.28. The zero-order valence-corrected chi connectivity index (χ0v) is 12.8. The third kappa shape index (κ3) is 4.49. The van der Waals surface area contributed by atoms with Gasteiger partial charge < -0.3 is 9.47 Å². The average Bonchev–Trinajstić information content (AvgIpc) is 2.31. The minimum absolute atomic E-state index is 0.164. The van der Waals surface area contributed by atoms with Crippen LogP contribution in [0.3, 0.4) is 0 Å². The molecular weight excluding hydrogens is 303 g/mol. The number of benzene rings is 1. The van der Waals surface area contributed by atoms with Crippen molar-refractivity contribution in [1.82, 2.24) is 0 Å². The van der Waals surface area contributed by atoms with Crippen molar-refractivity contribution in [3.63, 3.8) is 0 Å². The lowest BCUT2D eigenvalue weighted by Gasteiger charge is -2.23. The number of hydrogen-bond acceptors (Lipinski definition) is 2. The van der Waals surface area contributed by atoms with Gasteiger partial charge in [-0.2, -0.15) is 0 Å². The van der Waals surface area contributed by atoms with Crippen molar-refractivity contribution in [3.05, 3.63) is 28.2 Å². The van der Waals surface area contributed by atoms with Crippen molar-refractivity contribution in [1.29, 1.82) is 0 Å². The summed E-state index contributed by atoms with van der Waals surface area (Å²) < 4.78 is 12.1. The summed E-state index contributed by atoms with van der Waals surface area (Å²) in [6.45, 7) is 4.69. The molecule has 0 spiro atoms. The molecule has 0 aliphatic carbocycles. The van der Waals surface area contributed by atoms with Gasteiger partial charge in [0.1, 0.15) is 5.75 Å². The van der Waals surface area contributed by atoms with Gasteiger partial charge >= 0.3 is 0 Å². The molecule has 0 saturated carbocycles. The molecule has 0 atom stereocenters. The van der Waals surface area contributed by atoms with E-state index in [1.165, 1.54) is 0 Å². The molecule has 1 rings (SSSR count). The predicted octanol–water partition coefficient (Wildman–Crippen LogP) is 4.38. The van der Waals surface area contributed by atoms with E-state index in [1.54, 1.807) is 7.11 Å². The molecule has 1 aromatic carbocycles. The van der Waals surface area contributed by atoms with E-state index in [0.717, 1.165) is 22.2 Å². The third-order valence-electron chi connectivity index (χ3n) is 2.70. The van der Waals surface area contributed by atoms with Crippen LogP contribution in [0.1, 0.15) is 25.8 Å². The number of para-hydroxylation sites is 1. The van der Waals surface area contributed by atoms with Gasteiger partial charge in [0, 0.05) is 19.1 Å². The summed E-state index contributed by atoms with van der Waals surface area (Å²) in [7, 11) is 1.71. The number of methoxy groups -OCH3 is 1. The Labute approximate surface area is 116 Å². The Bertz CT molecular complexity index is 366. The monoisotopic (exact) mass is 320 g/mol. The van der Waals surface area contributed by atoms with Crippen LogP contribution in [0, 0.1) is 0 Å². The van der Waals surface area contributed by atoms with E-state index in [0.29, 0.717) is 12.5 Å². The fourth-order valence-corrected chi connectivity index (χ4v) is 2.05. The smallest absolute Gasteiger partial charge is 0.137 e. The molecule has 0 amide bonds. The summed E-state index contributed by atoms with van der Waals surface area (Å²) in [6.07, 6.45) is 0.826. The Balaban J connectivity index is 2.63. The van der Waals surface area contributed by atoms with E-state index in [-0.39, 0.29) is 5.60 Å². The minimum Gasteiger partial charge on any atom is -0.492 e. The number of ether oxygens (including phenoxy) is 2. The summed E-state index contributed by atoms with van der Waals surface area (Å²) in [5.41, 5.74) is 0.832. The highest BCUT2D eigenvalue weighted by molar-refractivity contribution is 9.10. The molecule has 0 N–H and O–H groups in total. The summed E-state index contributed by atoms with van der Waals surface area (Å²) >= 11 is 9.35. The molecule has 96 valence electrons. The SMILES string of the molecule is COC(C)(C)CCOc1c(Br)cccc1CCl. The minimum atomic E-state index is -0.164. The molecule has 0 aliphatic heterocycles. The molecule has 0 unspecified atom stereocenters. The normalized spacial score (nSPS) is 11.6. The first kappa shape index (κ1) is 14.8. The second-order valence-corrected chi connectivity index (χ2v) is 5.55. The zero-order valence-electron chi connectivity index (χ0n) is 10.4. The highest BCUT2D eigenvalue weighted by atomic mass is 79.9. The van der Waals surface area contributed by atoms with Crippen molar-refractivity contribution in [2.24, 2.45) is 0 Å². The molecule has 0 radical (unpaired) electrons. The maximum atomic E-state index is 5.87. The Morgan fingerprint density at radius 3 is 2.65 bits per heavy atom. The van der Waals surface area contributed by atoms with E-state index in [9.17, 15) is 0 Å². The van der Waals surface area contributed by atoms with Gasteiger partial charge in [0.15, 0.2) is 0 Å². The van der Waals surface area contributed by atoms with Crippen molar-refractivity contribution < 1.29 is 9.47 Å². The van der Waals surface area contributed by atoms with Crippen LogP contribution in [-0.4, -0.2) is 19.3 Å². The topological polar surface area (TPSA) is 18.5 Å². The largest absolute Gasteiger partial charge is 0.492 e. The first-order valence-corrected chi connectivity index (χ1v) is 6.84. The molecule has 0 saturated heterocycles. The van der Waals surface area contributed by atoms with Crippen LogP contribution in [0.2, 0.25) is 0 Å². The Hall–Kier alpha value is -0.250. The van der Waals surface area contributed by atoms with Crippen molar-refractivity contribution in [2.45, 2.75) is 31.7 Å². The fourth-order valence-electron chi connectivity index (χ4n) is 1.32. The standard InChI is InChI=1S/C13H18BrClO2/c1-13(2,16-3)7-8-17-12-10(9-15)5-4-6-11(12)14/h4-6H,7-9H2,1-3H3. The van der Waals surface area contributed by atoms with Crippen LogP contribution < -0.4 is 4.74 Å². The zero-order chi connectivity index (χ0) is 12.9. The maximum Gasteiger partial charge on any atom is 0.137 e. The Morgan fingerprint density at radius 2 is 2.06 bits per heavy atom. The van der Waals surface area contributed by atoms with Crippen LogP contribution in [0.4, 0.5) is 0 Å². The van der Waals surface area contributed by atoms with Gasteiger partial charge in [-0.1, -0.05) is 12.1 Å². The average molecular weight is 322 g/mol. The van der Waals surface area contributed by atoms with E-state index in [1.807, 2.05) is 32.0 Å². The van der Waals surface area contributed by atoms with Crippen LogP contribution in [0.15, 0.2) is 22.7 Å². The van der Waals surface area contributed by atoms with E-state index >= 15 is 0 Å². The third-order valence-corrected chi connectivity index (χ3v) is 3.61. The van der Waals surface area contributed by atoms with Gasteiger partial charge in [0.05, 0.1) is 22.6 Å². The molecule has 1 aromatic rings. The van der Waals surface area contributed by atoms with Crippen LogP contribution >= 0.6 is 27.5 Å². The molecule has 17 heavy (non-hydrogen) atoms. The second kappa shape index (κ2) is 6.62. The van der Waals surface area contributed by atoms with Gasteiger partial charge in [0.25, 0.3) is 0 Å². The van der Waals surface area contributed by atoms with Crippen LogP contribution in [0.5, 0.6) is 5.75 Å². The molecule has 0 aromatic heterocycles. The summed E-state index contributed by atoms with van der Waals surface area (Å²) in [6, 6.07) is 5.87. The molecule has 4 heteroatoms. The molecule has 0 heterocycles. The fraction of sp³-hybridized carbons (Fsp3) is 0.538. The number of rotatable bonds is 6. The maximum absolute atomic E-state index is 5.87. The van der Waals surface area contributed by atoms with Gasteiger partial charge in [-0.25, -0.2) is 0 Å². The first-order valence-electron chi connectivity index (χ1n) is 5.51. The number of hydrogen-bond donors (Lipinski definition) is 0. The molecule has 0 bridgehead atoms. The molecule has 2 nitrogen and oxygen atoms in total. The molecule has 0 fully saturated rings. The van der Waals surface area contributed by atoms with E-state index in [2.05, 4.69) is 15.9 Å². The lowest BCUT2D eigenvalue weighted by molar-refractivity contribution is 0.00533. The Kier molecular flexibility index (Phi) is 5.77. The van der Waals surface area contributed by atoms with Crippen molar-refractivity contribution in [3.8, 4) is 5.75 Å².